The maximum atomic E-state index is 5.31. The maximum absolute atomic E-state index is 5.31. The molecule has 0 bridgehead atoms. The molecule has 0 N–H and O–H groups in total. The zero-order valence-corrected chi connectivity index (χ0v) is 7.59. The number of hydrogen-bond donors (Lipinski definition) is 0. The van der Waals surface area contributed by atoms with E-state index in [1.54, 1.807) is 6.08 Å². The van der Waals surface area contributed by atoms with E-state index in [1.165, 1.54) is 11.1 Å². The first kappa shape index (κ1) is 9.05. The number of hydrogen-bond acceptors (Lipinski definition) is 0. The molecule has 1 aromatic carbocycles. The predicted molar refractivity (Wildman–Crippen MR) is 53.0 cm³/mol. The van der Waals surface area contributed by atoms with Gasteiger partial charge in [0.15, 0.2) is 0 Å². The molecule has 0 aliphatic carbocycles. The van der Waals surface area contributed by atoms with E-state index < -0.39 is 0 Å². The minimum Gasteiger partial charge on any atom is -0.0842 e. The van der Waals surface area contributed by atoms with E-state index in [1.807, 2.05) is 0 Å². The smallest absolute Gasteiger partial charge is 0.0244 e. The van der Waals surface area contributed by atoms with Gasteiger partial charge in [-0.3, -0.25) is 0 Å². The van der Waals surface area contributed by atoms with Gasteiger partial charge in [-0.05, 0) is 30.4 Å². The summed E-state index contributed by atoms with van der Waals surface area (Å²) in [5.41, 5.74) is 2.77. The van der Waals surface area contributed by atoms with Crippen LogP contribution in [0.25, 0.3) is 0 Å². The normalized spacial score (nSPS) is 9.75. The quantitative estimate of drug-likeness (QED) is 0.633. The van der Waals surface area contributed by atoms with Crippen molar-refractivity contribution in [1.29, 1.82) is 0 Å². The van der Waals surface area contributed by atoms with Gasteiger partial charge in [0.05, 0.1) is 0 Å². The van der Waals surface area contributed by atoms with Crippen LogP contribution < -0.4 is 0 Å². The molecule has 0 spiro atoms. The average Bonchev–Trinajstić information content (AvgIpc) is 2.15. The Labute approximate surface area is 74.9 Å². The summed E-state index contributed by atoms with van der Waals surface area (Å²) in [5.74, 6) is 0. The minimum absolute atomic E-state index is 0.964. The molecule has 0 aromatic heterocycles. The largest absolute Gasteiger partial charge is 0.0842 e. The lowest BCUT2D eigenvalue weighted by molar-refractivity contribution is 0.997. The Kier molecular flexibility index (Phi) is 3.59. The highest BCUT2D eigenvalue weighted by atomic mass is 14.0. The zero-order chi connectivity index (χ0) is 8.81. The summed E-state index contributed by atoms with van der Waals surface area (Å²) in [6.45, 7) is 7.48. The van der Waals surface area contributed by atoms with Crippen molar-refractivity contribution in [3.05, 3.63) is 48.0 Å². The fourth-order valence-corrected chi connectivity index (χ4v) is 1.19. The SMILES string of the molecule is [CH]=CCCc1ccc(CC)cc1. The molecule has 0 fully saturated rings. The van der Waals surface area contributed by atoms with Crippen molar-refractivity contribution in [1.82, 2.24) is 0 Å². The third-order valence-corrected chi connectivity index (χ3v) is 2.03. The van der Waals surface area contributed by atoms with Crippen LogP contribution in [0.3, 0.4) is 0 Å². The van der Waals surface area contributed by atoms with E-state index in [9.17, 15) is 0 Å². The van der Waals surface area contributed by atoms with Crippen LogP contribution in [0.4, 0.5) is 0 Å². The van der Waals surface area contributed by atoms with Gasteiger partial charge in [0.25, 0.3) is 0 Å². The van der Waals surface area contributed by atoms with Gasteiger partial charge in [-0.2, -0.15) is 0 Å². The molecule has 0 saturated heterocycles. The number of benzene rings is 1. The van der Waals surface area contributed by atoms with Crippen LogP contribution in [0.1, 0.15) is 24.5 Å². The highest BCUT2D eigenvalue weighted by molar-refractivity contribution is 5.22. The molecule has 1 radical (unpaired) electrons. The van der Waals surface area contributed by atoms with Crippen molar-refractivity contribution in [3.63, 3.8) is 0 Å². The van der Waals surface area contributed by atoms with Crippen molar-refractivity contribution >= 4 is 0 Å². The van der Waals surface area contributed by atoms with Crippen molar-refractivity contribution in [3.8, 4) is 0 Å². The van der Waals surface area contributed by atoms with E-state index in [2.05, 4.69) is 31.2 Å². The molecule has 0 nitrogen and oxygen atoms in total. The van der Waals surface area contributed by atoms with E-state index in [4.69, 9.17) is 6.58 Å². The Morgan fingerprint density at radius 1 is 1.17 bits per heavy atom. The molecule has 0 atom stereocenters. The Morgan fingerprint density at radius 2 is 1.75 bits per heavy atom. The van der Waals surface area contributed by atoms with Gasteiger partial charge in [-0.15, -0.1) is 0 Å². The third kappa shape index (κ3) is 2.54. The summed E-state index contributed by atoms with van der Waals surface area (Å²) >= 11 is 0. The fourth-order valence-electron chi connectivity index (χ4n) is 1.19. The lowest BCUT2D eigenvalue weighted by Crippen LogP contribution is -1.84. The van der Waals surface area contributed by atoms with Gasteiger partial charge in [0, 0.05) is 0 Å². The highest BCUT2D eigenvalue weighted by Gasteiger charge is 1.91. The Hall–Kier alpha value is -1.04. The molecule has 12 heavy (non-hydrogen) atoms. The summed E-state index contributed by atoms with van der Waals surface area (Å²) < 4.78 is 0. The number of rotatable bonds is 4. The van der Waals surface area contributed by atoms with Gasteiger partial charge >= 0.3 is 0 Å². The Bertz CT molecular complexity index is 231. The molecule has 63 valence electrons. The Balaban J connectivity index is 2.58. The number of allylic oxidation sites excluding steroid dienone is 1. The van der Waals surface area contributed by atoms with Crippen molar-refractivity contribution in [2.24, 2.45) is 0 Å². The summed E-state index contributed by atoms with van der Waals surface area (Å²) in [6.07, 6.45) is 4.85. The van der Waals surface area contributed by atoms with Gasteiger partial charge in [-0.1, -0.05) is 43.8 Å². The average molecular weight is 159 g/mol. The second kappa shape index (κ2) is 4.76. The first-order chi connectivity index (χ1) is 5.86. The highest BCUT2D eigenvalue weighted by Crippen LogP contribution is 2.07. The second-order valence-corrected chi connectivity index (χ2v) is 2.94. The van der Waals surface area contributed by atoms with E-state index in [0.717, 1.165) is 19.3 Å². The van der Waals surface area contributed by atoms with Crippen LogP contribution >= 0.6 is 0 Å². The summed E-state index contributed by atoms with van der Waals surface area (Å²) in [7, 11) is 0. The molecule has 0 unspecified atom stereocenters. The van der Waals surface area contributed by atoms with Crippen LogP contribution in [0, 0.1) is 6.58 Å². The Morgan fingerprint density at radius 3 is 2.25 bits per heavy atom. The zero-order valence-electron chi connectivity index (χ0n) is 7.59. The molecule has 0 amide bonds. The molecular weight excluding hydrogens is 144 g/mol. The topological polar surface area (TPSA) is 0 Å². The molecule has 0 aliphatic heterocycles. The standard InChI is InChI=1S/C12H15/c1-3-5-6-12-9-7-11(4-2)8-10-12/h1,3,7-10H,4-6H2,2H3. The van der Waals surface area contributed by atoms with Crippen LogP contribution in [0.2, 0.25) is 0 Å². The lowest BCUT2D eigenvalue weighted by atomic mass is 10.1. The molecule has 0 aliphatic rings. The lowest BCUT2D eigenvalue weighted by Gasteiger charge is -1.99. The van der Waals surface area contributed by atoms with Gasteiger partial charge < -0.3 is 0 Å². The second-order valence-electron chi connectivity index (χ2n) is 2.94. The van der Waals surface area contributed by atoms with Crippen LogP contribution in [-0.4, -0.2) is 0 Å². The predicted octanol–water partition coefficient (Wildman–Crippen LogP) is 3.17. The molecule has 1 rings (SSSR count). The summed E-state index contributed by atoms with van der Waals surface area (Å²) in [6, 6.07) is 8.74. The molecule has 0 heterocycles. The van der Waals surface area contributed by atoms with E-state index in [0.29, 0.717) is 0 Å². The molecule has 1 aromatic rings. The van der Waals surface area contributed by atoms with Gasteiger partial charge in [0.2, 0.25) is 0 Å². The first-order valence-corrected chi connectivity index (χ1v) is 4.48. The van der Waals surface area contributed by atoms with Gasteiger partial charge in [-0.25, -0.2) is 0 Å². The van der Waals surface area contributed by atoms with Crippen LogP contribution in [0.5, 0.6) is 0 Å². The molecular formula is C12H15. The van der Waals surface area contributed by atoms with Crippen molar-refractivity contribution < 1.29 is 0 Å². The summed E-state index contributed by atoms with van der Waals surface area (Å²) in [5, 5.41) is 0. The fraction of sp³-hybridized carbons (Fsp3) is 0.333. The van der Waals surface area contributed by atoms with E-state index >= 15 is 0 Å². The van der Waals surface area contributed by atoms with Gasteiger partial charge in [0.1, 0.15) is 0 Å². The number of aryl methyl sites for hydroxylation is 2. The van der Waals surface area contributed by atoms with Crippen molar-refractivity contribution in [2.75, 3.05) is 0 Å². The first-order valence-electron chi connectivity index (χ1n) is 4.48. The molecule has 0 saturated carbocycles. The molecule has 0 heteroatoms. The van der Waals surface area contributed by atoms with E-state index in [-0.39, 0.29) is 0 Å². The van der Waals surface area contributed by atoms with Crippen LogP contribution in [0.15, 0.2) is 30.3 Å². The third-order valence-electron chi connectivity index (χ3n) is 2.03. The maximum Gasteiger partial charge on any atom is -0.0244 e. The van der Waals surface area contributed by atoms with Crippen molar-refractivity contribution in [2.45, 2.75) is 26.2 Å². The minimum atomic E-state index is 0.964. The monoisotopic (exact) mass is 159 g/mol. The summed E-state index contributed by atoms with van der Waals surface area (Å²) in [4.78, 5) is 0. The van der Waals surface area contributed by atoms with Crippen LogP contribution in [-0.2, 0) is 12.8 Å².